The fourth-order valence-electron chi connectivity index (χ4n) is 2.46. The van der Waals surface area contributed by atoms with Crippen molar-refractivity contribution in [1.29, 1.82) is 0 Å². The van der Waals surface area contributed by atoms with Crippen LogP contribution < -0.4 is 5.32 Å². The molecule has 1 N–H and O–H groups in total. The zero-order valence-electron chi connectivity index (χ0n) is 12.0. The van der Waals surface area contributed by atoms with Crippen LogP contribution in [0.2, 0.25) is 10.0 Å². The van der Waals surface area contributed by atoms with Crippen LogP contribution in [0.1, 0.15) is 25.5 Å². The van der Waals surface area contributed by atoms with E-state index in [1.165, 1.54) is 0 Å². The van der Waals surface area contributed by atoms with Gasteiger partial charge in [0.25, 0.3) is 0 Å². The van der Waals surface area contributed by atoms with E-state index in [0.29, 0.717) is 5.02 Å². The van der Waals surface area contributed by atoms with Gasteiger partial charge in [-0.05, 0) is 37.2 Å². The fraction of sp³-hybridized carbons (Fsp3) is 0.600. The third-order valence-electron chi connectivity index (χ3n) is 3.75. The standard InChI is InChI=1S/C15H22Cl2N2O/c1-3-19-6-7-20-13(10-19)9-18-11(2)14-8-12(16)4-5-15(14)17/h4-5,8,11,13,18H,3,6-7,9-10H2,1-2H3. The number of morpholine rings is 1. The average molecular weight is 317 g/mol. The second kappa shape index (κ2) is 7.62. The van der Waals surface area contributed by atoms with Crippen LogP contribution in [0.3, 0.4) is 0 Å². The summed E-state index contributed by atoms with van der Waals surface area (Å²) < 4.78 is 5.79. The Morgan fingerprint density at radius 1 is 1.45 bits per heavy atom. The Bertz CT molecular complexity index is 442. The van der Waals surface area contributed by atoms with Crippen molar-refractivity contribution in [2.24, 2.45) is 0 Å². The minimum absolute atomic E-state index is 0.154. The SMILES string of the molecule is CCN1CCOC(CNC(C)c2cc(Cl)ccc2Cl)C1. The predicted molar refractivity (Wildman–Crippen MR) is 84.7 cm³/mol. The summed E-state index contributed by atoms with van der Waals surface area (Å²) in [5.74, 6) is 0. The molecule has 0 aliphatic carbocycles. The van der Waals surface area contributed by atoms with Gasteiger partial charge in [0, 0.05) is 35.7 Å². The molecule has 1 aliphatic heterocycles. The number of halogens is 2. The van der Waals surface area contributed by atoms with E-state index in [9.17, 15) is 0 Å². The van der Waals surface area contributed by atoms with E-state index in [1.54, 1.807) is 0 Å². The van der Waals surface area contributed by atoms with Crippen molar-refractivity contribution >= 4 is 23.2 Å². The zero-order chi connectivity index (χ0) is 14.5. The molecular weight excluding hydrogens is 295 g/mol. The van der Waals surface area contributed by atoms with Crippen LogP contribution in [0, 0.1) is 0 Å². The van der Waals surface area contributed by atoms with Crippen LogP contribution in [-0.4, -0.2) is 43.8 Å². The Balaban J connectivity index is 1.88. The molecule has 0 spiro atoms. The highest BCUT2D eigenvalue weighted by Crippen LogP contribution is 2.26. The number of hydrogen-bond donors (Lipinski definition) is 1. The Morgan fingerprint density at radius 3 is 3.00 bits per heavy atom. The lowest BCUT2D eigenvalue weighted by Gasteiger charge is -2.33. The van der Waals surface area contributed by atoms with Crippen molar-refractivity contribution in [3.8, 4) is 0 Å². The van der Waals surface area contributed by atoms with E-state index in [2.05, 4.69) is 24.1 Å². The van der Waals surface area contributed by atoms with Crippen molar-refractivity contribution in [2.45, 2.75) is 26.0 Å². The number of nitrogens with zero attached hydrogens (tertiary/aromatic N) is 1. The van der Waals surface area contributed by atoms with E-state index in [1.807, 2.05) is 18.2 Å². The molecule has 1 aromatic carbocycles. The van der Waals surface area contributed by atoms with E-state index in [-0.39, 0.29) is 12.1 Å². The number of ether oxygens (including phenoxy) is 1. The molecule has 2 rings (SSSR count). The van der Waals surface area contributed by atoms with Gasteiger partial charge in [-0.1, -0.05) is 30.1 Å². The number of benzene rings is 1. The monoisotopic (exact) mass is 316 g/mol. The lowest BCUT2D eigenvalue weighted by molar-refractivity contribution is -0.0261. The van der Waals surface area contributed by atoms with Gasteiger partial charge in [-0.2, -0.15) is 0 Å². The van der Waals surface area contributed by atoms with Gasteiger partial charge in [0.2, 0.25) is 0 Å². The molecule has 112 valence electrons. The lowest BCUT2D eigenvalue weighted by Crippen LogP contribution is -2.46. The summed E-state index contributed by atoms with van der Waals surface area (Å²) in [6.45, 7) is 9.01. The smallest absolute Gasteiger partial charge is 0.0826 e. The molecule has 5 heteroatoms. The summed E-state index contributed by atoms with van der Waals surface area (Å²) >= 11 is 12.2. The van der Waals surface area contributed by atoms with E-state index in [0.717, 1.165) is 43.4 Å². The first-order valence-corrected chi connectivity index (χ1v) is 7.88. The second-order valence-electron chi connectivity index (χ2n) is 5.18. The highest BCUT2D eigenvalue weighted by molar-refractivity contribution is 6.33. The predicted octanol–water partition coefficient (Wildman–Crippen LogP) is 3.36. The van der Waals surface area contributed by atoms with Crippen LogP contribution >= 0.6 is 23.2 Å². The fourth-order valence-corrected chi connectivity index (χ4v) is 2.92. The van der Waals surface area contributed by atoms with Crippen LogP contribution in [0.5, 0.6) is 0 Å². The first-order valence-electron chi connectivity index (χ1n) is 7.12. The highest BCUT2D eigenvalue weighted by Gasteiger charge is 2.20. The van der Waals surface area contributed by atoms with Crippen molar-refractivity contribution in [1.82, 2.24) is 10.2 Å². The molecule has 0 radical (unpaired) electrons. The normalized spacial score (nSPS) is 21.9. The van der Waals surface area contributed by atoms with Gasteiger partial charge in [0.05, 0.1) is 12.7 Å². The molecule has 20 heavy (non-hydrogen) atoms. The topological polar surface area (TPSA) is 24.5 Å². The molecule has 0 bridgehead atoms. The first kappa shape index (κ1) is 16.1. The molecule has 1 saturated heterocycles. The van der Waals surface area contributed by atoms with Crippen molar-refractivity contribution in [3.05, 3.63) is 33.8 Å². The van der Waals surface area contributed by atoms with Gasteiger partial charge < -0.3 is 10.1 Å². The van der Waals surface area contributed by atoms with Gasteiger partial charge in [-0.25, -0.2) is 0 Å². The maximum absolute atomic E-state index is 6.22. The van der Waals surface area contributed by atoms with E-state index < -0.39 is 0 Å². The van der Waals surface area contributed by atoms with Gasteiger partial charge in [-0.15, -0.1) is 0 Å². The summed E-state index contributed by atoms with van der Waals surface area (Å²) in [6, 6.07) is 5.72. The third kappa shape index (κ3) is 4.34. The number of rotatable bonds is 5. The molecule has 1 heterocycles. The summed E-state index contributed by atoms with van der Waals surface area (Å²) in [7, 11) is 0. The van der Waals surface area contributed by atoms with Crippen LogP contribution in [0.25, 0.3) is 0 Å². The molecule has 1 fully saturated rings. The Morgan fingerprint density at radius 2 is 2.25 bits per heavy atom. The van der Waals surface area contributed by atoms with Crippen LogP contribution in [0.15, 0.2) is 18.2 Å². The van der Waals surface area contributed by atoms with E-state index in [4.69, 9.17) is 27.9 Å². The largest absolute Gasteiger partial charge is 0.374 e. The molecule has 0 saturated carbocycles. The Labute approximate surface area is 131 Å². The van der Waals surface area contributed by atoms with Crippen LogP contribution in [0.4, 0.5) is 0 Å². The maximum atomic E-state index is 6.22. The molecule has 2 unspecified atom stereocenters. The summed E-state index contributed by atoms with van der Waals surface area (Å²) in [5.41, 5.74) is 1.03. The number of likely N-dealkylation sites (N-methyl/N-ethyl adjacent to an activating group) is 1. The maximum Gasteiger partial charge on any atom is 0.0826 e. The Hall–Kier alpha value is -0.320. The molecule has 1 aromatic rings. The van der Waals surface area contributed by atoms with Gasteiger partial charge >= 0.3 is 0 Å². The lowest BCUT2D eigenvalue weighted by atomic mass is 10.1. The molecule has 3 nitrogen and oxygen atoms in total. The molecule has 0 amide bonds. The summed E-state index contributed by atoms with van der Waals surface area (Å²) in [6.07, 6.45) is 0.240. The molecule has 0 aromatic heterocycles. The molecule has 2 atom stereocenters. The zero-order valence-corrected chi connectivity index (χ0v) is 13.5. The van der Waals surface area contributed by atoms with E-state index >= 15 is 0 Å². The van der Waals surface area contributed by atoms with Crippen molar-refractivity contribution < 1.29 is 4.74 Å². The highest BCUT2D eigenvalue weighted by atomic mass is 35.5. The average Bonchev–Trinajstić information content (AvgIpc) is 2.47. The Kier molecular flexibility index (Phi) is 6.12. The third-order valence-corrected chi connectivity index (χ3v) is 4.33. The van der Waals surface area contributed by atoms with Crippen molar-refractivity contribution in [3.63, 3.8) is 0 Å². The number of nitrogens with one attached hydrogen (secondary N) is 1. The summed E-state index contributed by atoms with van der Waals surface area (Å²) in [5, 5.41) is 4.94. The molecule has 1 aliphatic rings. The minimum atomic E-state index is 0.154. The quantitative estimate of drug-likeness (QED) is 0.901. The molecular formula is C15H22Cl2N2O. The van der Waals surface area contributed by atoms with Gasteiger partial charge in [0.15, 0.2) is 0 Å². The first-order chi connectivity index (χ1) is 9.60. The number of hydrogen-bond acceptors (Lipinski definition) is 3. The summed E-state index contributed by atoms with van der Waals surface area (Å²) in [4.78, 5) is 2.41. The van der Waals surface area contributed by atoms with Crippen LogP contribution in [-0.2, 0) is 4.74 Å². The minimum Gasteiger partial charge on any atom is -0.374 e. The van der Waals surface area contributed by atoms with Gasteiger partial charge in [0.1, 0.15) is 0 Å². The second-order valence-corrected chi connectivity index (χ2v) is 6.03. The van der Waals surface area contributed by atoms with Gasteiger partial charge in [-0.3, -0.25) is 4.90 Å². The van der Waals surface area contributed by atoms with Crippen molar-refractivity contribution in [2.75, 3.05) is 32.8 Å².